The first-order chi connectivity index (χ1) is 11.9. The van der Waals surface area contributed by atoms with Crippen LogP contribution in [0.25, 0.3) is 0 Å². The van der Waals surface area contributed by atoms with Crippen molar-refractivity contribution in [1.29, 1.82) is 0 Å². The van der Waals surface area contributed by atoms with Crippen LogP contribution in [0.3, 0.4) is 0 Å². The summed E-state index contributed by atoms with van der Waals surface area (Å²) in [4.78, 5) is 18.4. The number of nitrogens with zero attached hydrogens (tertiary/aromatic N) is 4. The van der Waals surface area contributed by atoms with Crippen molar-refractivity contribution in [2.75, 3.05) is 18.0 Å². The lowest BCUT2D eigenvalue weighted by molar-refractivity contribution is -0.141. The van der Waals surface area contributed by atoms with Gasteiger partial charge in [0.05, 0.1) is 0 Å². The van der Waals surface area contributed by atoms with Crippen LogP contribution in [0.2, 0.25) is 0 Å². The third kappa shape index (κ3) is 4.49. The zero-order valence-corrected chi connectivity index (χ0v) is 13.5. The largest absolute Gasteiger partial charge is 0.435 e. The fourth-order valence-electron chi connectivity index (χ4n) is 2.66. The molecule has 3 heterocycles. The summed E-state index contributed by atoms with van der Waals surface area (Å²) in [7, 11) is 0. The molecule has 1 aliphatic heterocycles. The monoisotopic (exact) mass is 353 g/mol. The summed E-state index contributed by atoms with van der Waals surface area (Å²) in [5, 5.41) is 5.99. The molecule has 1 N–H and O–H groups in total. The lowest BCUT2D eigenvalue weighted by atomic mass is 10.2. The van der Waals surface area contributed by atoms with Crippen molar-refractivity contribution >= 4 is 11.7 Å². The molecule has 134 valence electrons. The van der Waals surface area contributed by atoms with Gasteiger partial charge in [-0.25, -0.2) is 4.98 Å². The van der Waals surface area contributed by atoms with E-state index < -0.39 is 17.8 Å². The van der Waals surface area contributed by atoms with Crippen LogP contribution in [0, 0.1) is 0 Å². The summed E-state index contributed by atoms with van der Waals surface area (Å²) in [6.07, 6.45) is 0.662. The number of rotatable bonds is 5. The van der Waals surface area contributed by atoms with E-state index in [9.17, 15) is 18.0 Å². The van der Waals surface area contributed by atoms with E-state index in [1.54, 1.807) is 6.20 Å². The topological polar surface area (TPSA) is 63.1 Å². The number of hydrogen-bond donors (Lipinski definition) is 1. The van der Waals surface area contributed by atoms with Gasteiger partial charge in [-0.3, -0.25) is 9.48 Å². The number of hydrogen-bond acceptors (Lipinski definition) is 4. The van der Waals surface area contributed by atoms with Crippen molar-refractivity contribution in [3.05, 3.63) is 41.9 Å². The number of carbonyl (C=O) groups is 1. The Labute approximate surface area is 142 Å². The van der Waals surface area contributed by atoms with E-state index in [1.807, 2.05) is 12.1 Å². The lowest BCUT2D eigenvalue weighted by Gasteiger charge is -2.16. The Balaban J connectivity index is 1.49. The first-order valence-electron chi connectivity index (χ1n) is 7.99. The minimum Gasteiger partial charge on any atom is -0.357 e. The molecule has 0 bridgehead atoms. The third-order valence-corrected chi connectivity index (χ3v) is 3.97. The number of aromatic nitrogens is 3. The highest BCUT2D eigenvalue weighted by atomic mass is 19.4. The molecule has 25 heavy (non-hydrogen) atoms. The number of nitrogens with one attached hydrogen (secondary N) is 1. The Morgan fingerprint density at radius 2 is 1.96 bits per heavy atom. The first kappa shape index (κ1) is 17.2. The van der Waals surface area contributed by atoms with Gasteiger partial charge in [-0.1, -0.05) is 6.07 Å². The Kier molecular flexibility index (Phi) is 4.91. The zero-order chi connectivity index (χ0) is 17.9. The van der Waals surface area contributed by atoms with Gasteiger partial charge in [0.1, 0.15) is 12.4 Å². The molecular formula is C16H18F3N5O. The fraction of sp³-hybridized carbons (Fsp3) is 0.438. The van der Waals surface area contributed by atoms with E-state index in [0.29, 0.717) is 0 Å². The molecule has 0 radical (unpaired) electrons. The molecule has 1 saturated heterocycles. The van der Waals surface area contributed by atoms with Gasteiger partial charge in [0.15, 0.2) is 5.69 Å². The average Bonchev–Trinajstić information content (AvgIpc) is 3.24. The van der Waals surface area contributed by atoms with E-state index in [2.05, 4.69) is 20.3 Å². The van der Waals surface area contributed by atoms with Crippen molar-refractivity contribution in [3.63, 3.8) is 0 Å². The second kappa shape index (κ2) is 7.12. The summed E-state index contributed by atoms with van der Waals surface area (Å²) in [6.45, 7) is 2.01. The molecule has 2 aromatic heterocycles. The highest BCUT2D eigenvalue weighted by Gasteiger charge is 2.33. The number of pyridine rings is 1. The fourth-order valence-corrected chi connectivity index (χ4v) is 2.66. The maximum absolute atomic E-state index is 12.5. The van der Waals surface area contributed by atoms with Crippen LogP contribution < -0.4 is 10.2 Å². The molecule has 6 nitrogen and oxygen atoms in total. The van der Waals surface area contributed by atoms with Gasteiger partial charge < -0.3 is 10.2 Å². The second-order valence-electron chi connectivity index (χ2n) is 5.89. The lowest BCUT2D eigenvalue weighted by Crippen LogP contribution is -2.27. The van der Waals surface area contributed by atoms with E-state index in [4.69, 9.17) is 0 Å². The van der Waals surface area contributed by atoms with Crippen LogP contribution in [0.1, 0.15) is 24.1 Å². The quantitative estimate of drug-likeness (QED) is 0.895. The van der Waals surface area contributed by atoms with Gasteiger partial charge in [-0.05, 0) is 30.5 Å². The Morgan fingerprint density at radius 3 is 2.56 bits per heavy atom. The van der Waals surface area contributed by atoms with Crippen LogP contribution in [-0.2, 0) is 24.1 Å². The highest BCUT2D eigenvalue weighted by Crippen LogP contribution is 2.27. The number of alkyl halides is 3. The van der Waals surface area contributed by atoms with E-state index in [1.165, 1.54) is 12.8 Å². The standard InChI is InChI=1S/C16H18F3N5O/c17-16(18,19)13-5-8-24(22-13)11-15(25)21-10-12-3-4-14(20-9-12)23-6-1-2-7-23/h3-5,8-9H,1-2,6-7,10-11H2,(H,21,25). The number of amides is 1. The minimum atomic E-state index is -4.51. The molecular weight excluding hydrogens is 335 g/mol. The smallest absolute Gasteiger partial charge is 0.357 e. The van der Waals surface area contributed by atoms with Crippen LogP contribution in [0.5, 0.6) is 0 Å². The van der Waals surface area contributed by atoms with Crippen molar-refractivity contribution in [3.8, 4) is 0 Å². The van der Waals surface area contributed by atoms with Crippen molar-refractivity contribution in [2.45, 2.75) is 32.1 Å². The third-order valence-electron chi connectivity index (χ3n) is 3.97. The van der Waals surface area contributed by atoms with Gasteiger partial charge in [-0.2, -0.15) is 18.3 Å². The molecule has 2 aromatic rings. The zero-order valence-electron chi connectivity index (χ0n) is 13.5. The minimum absolute atomic E-state index is 0.263. The number of carbonyl (C=O) groups excluding carboxylic acids is 1. The van der Waals surface area contributed by atoms with E-state index in [-0.39, 0.29) is 13.1 Å². The van der Waals surface area contributed by atoms with Crippen LogP contribution in [-0.4, -0.2) is 33.8 Å². The summed E-state index contributed by atoms with van der Waals surface area (Å²) in [6, 6.07) is 4.64. The molecule has 0 aromatic carbocycles. The van der Waals surface area contributed by atoms with Gasteiger partial charge in [0.25, 0.3) is 0 Å². The number of anilines is 1. The van der Waals surface area contributed by atoms with Crippen LogP contribution >= 0.6 is 0 Å². The summed E-state index contributed by atoms with van der Waals surface area (Å²) >= 11 is 0. The molecule has 9 heteroatoms. The summed E-state index contributed by atoms with van der Waals surface area (Å²) in [5.41, 5.74) is -0.185. The van der Waals surface area contributed by atoms with Crippen LogP contribution in [0.4, 0.5) is 19.0 Å². The Bertz CT molecular complexity index is 720. The highest BCUT2D eigenvalue weighted by molar-refractivity contribution is 5.75. The summed E-state index contributed by atoms with van der Waals surface area (Å²) in [5.74, 6) is 0.504. The molecule has 0 spiro atoms. The number of halogens is 3. The predicted octanol–water partition coefficient (Wildman–Crippen LogP) is 2.21. The molecule has 1 aliphatic rings. The van der Waals surface area contributed by atoms with Crippen molar-refractivity contribution in [2.24, 2.45) is 0 Å². The Morgan fingerprint density at radius 1 is 1.20 bits per heavy atom. The molecule has 0 saturated carbocycles. The molecule has 3 rings (SSSR count). The maximum Gasteiger partial charge on any atom is 0.435 e. The molecule has 1 fully saturated rings. The van der Waals surface area contributed by atoms with Crippen LogP contribution in [0.15, 0.2) is 30.6 Å². The Hall–Kier alpha value is -2.58. The molecule has 1 amide bonds. The average molecular weight is 353 g/mol. The van der Waals surface area contributed by atoms with Crippen molar-refractivity contribution in [1.82, 2.24) is 20.1 Å². The first-order valence-corrected chi connectivity index (χ1v) is 7.99. The van der Waals surface area contributed by atoms with Gasteiger partial charge in [0.2, 0.25) is 5.91 Å². The maximum atomic E-state index is 12.5. The predicted molar refractivity (Wildman–Crippen MR) is 84.8 cm³/mol. The van der Waals surface area contributed by atoms with E-state index in [0.717, 1.165) is 41.4 Å². The summed E-state index contributed by atoms with van der Waals surface area (Å²) < 4.78 is 38.4. The molecule has 0 atom stereocenters. The van der Waals surface area contributed by atoms with Crippen molar-refractivity contribution < 1.29 is 18.0 Å². The SMILES string of the molecule is O=C(Cn1ccc(C(F)(F)F)n1)NCc1ccc(N2CCCC2)nc1. The van der Waals surface area contributed by atoms with Gasteiger partial charge >= 0.3 is 6.18 Å². The van der Waals surface area contributed by atoms with Gasteiger partial charge in [-0.15, -0.1) is 0 Å². The van der Waals surface area contributed by atoms with Gasteiger partial charge in [0, 0.05) is 32.0 Å². The normalized spacial score (nSPS) is 14.8. The van der Waals surface area contributed by atoms with E-state index >= 15 is 0 Å². The molecule has 0 aliphatic carbocycles. The second-order valence-corrected chi connectivity index (χ2v) is 5.89. The molecule has 0 unspecified atom stereocenters.